The lowest BCUT2D eigenvalue weighted by molar-refractivity contribution is 0.103. The second-order valence-corrected chi connectivity index (χ2v) is 4.56. The van der Waals surface area contributed by atoms with Crippen molar-refractivity contribution in [2.45, 2.75) is 13.8 Å². The quantitative estimate of drug-likeness (QED) is 0.642. The Hall–Kier alpha value is -2.13. The molecule has 0 atom stereocenters. The van der Waals surface area contributed by atoms with Crippen LogP contribution in [0.1, 0.15) is 29.8 Å². The Labute approximate surface area is 120 Å². The molecule has 0 fully saturated rings. The Balaban J connectivity index is 2.10. The third-order valence-electron chi connectivity index (χ3n) is 3.23. The first-order chi connectivity index (χ1) is 9.74. The summed E-state index contributed by atoms with van der Waals surface area (Å²) in [6, 6.07) is 16.9. The summed E-state index contributed by atoms with van der Waals surface area (Å²) in [4.78, 5) is 12.3. The van der Waals surface area contributed by atoms with E-state index in [1.807, 2.05) is 54.6 Å². The van der Waals surface area contributed by atoms with Crippen molar-refractivity contribution in [3.63, 3.8) is 0 Å². The molecule has 0 saturated carbocycles. The fourth-order valence-corrected chi connectivity index (χ4v) is 2.02. The van der Waals surface area contributed by atoms with Gasteiger partial charge in [-0.2, -0.15) is 0 Å². The average molecular weight is 268 g/mol. The van der Waals surface area contributed by atoms with Crippen LogP contribution >= 0.6 is 0 Å². The second-order valence-electron chi connectivity index (χ2n) is 4.56. The lowest BCUT2D eigenvalue weighted by Gasteiger charge is -2.20. The maximum atomic E-state index is 12.3. The molecule has 3 nitrogen and oxygen atoms in total. The molecule has 2 rings (SSSR count). The smallest absolute Gasteiger partial charge is 0.193 e. The van der Waals surface area contributed by atoms with Crippen LogP contribution in [0.25, 0.3) is 0 Å². The SMILES string of the molecule is CCN(CC)Nc1ccc(C(=O)c2ccccc2)cc1. The van der Waals surface area contributed by atoms with Gasteiger partial charge < -0.3 is 5.43 Å². The zero-order valence-electron chi connectivity index (χ0n) is 12.0. The Bertz CT molecular complexity index is 545. The van der Waals surface area contributed by atoms with E-state index in [-0.39, 0.29) is 5.78 Å². The number of benzene rings is 2. The van der Waals surface area contributed by atoms with Gasteiger partial charge in [-0.1, -0.05) is 44.2 Å². The molecular weight excluding hydrogens is 248 g/mol. The van der Waals surface area contributed by atoms with Crippen molar-refractivity contribution in [3.8, 4) is 0 Å². The highest BCUT2D eigenvalue weighted by Crippen LogP contribution is 2.14. The Kier molecular flexibility index (Phi) is 4.91. The number of hydrogen-bond acceptors (Lipinski definition) is 3. The van der Waals surface area contributed by atoms with Crippen LogP contribution in [-0.4, -0.2) is 23.9 Å². The predicted molar refractivity (Wildman–Crippen MR) is 82.9 cm³/mol. The number of carbonyl (C=O) groups is 1. The fourth-order valence-electron chi connectivity index (χ4n) is 2.02. The molecule has 3 heteroatoms. The number of ketones is 1. The van der Waals surface area contributed by atoms with E-state index in [1.165, 1.54) is 0 Å². The van der Waals surface area contributed by atoms with Crippen LogP contribution in [0.4, 0.5) is 5.69 Å². The number of rotatable bonds is 6. The van der Waals surface area contributed by atoms with E-state index in [0.717, 1.165) is 24.3 Å². The van der Waals surface area contributed by atoms with Crippen LogP contribution in [0.5, 0.6) is 0 Å². The molecule has 0 heterocycles. The molecule has 0 spiro atoms. The third-order valence-corrected chi connectivity index (χ3v) is 3.23. The molecule has 0 aliphatic carbocycles. The summed E-state index contributed by atoms with van der Waals surface area (Å²) in [5.41, 5.74) is 5.73. The lowest BCUT2D eigenvalue weighted by Crippen LogP contribution is -2.29. The van der Waals surface area contributed by atoms with Crippen molar-refractivity contribution in [1.82, 2.24) is 5.01 Å². The van der Waals surface area contributed by atoms with Crippen molar-refractivity contribution in [3.05, 3.63) is 65.7 Å². The molecule has 0 radical (unpaired) electrons. The summed E-state index contributed by atoms with van der Waals surface area (Å²) < 4.78 is 0. The lowest BCUT2D eigenvalue weighted by atomic mass is 10.0. The van der Waals surface area contributed by atoms with Crippen molar-refractivity contribution < 1.29 is 4.79 Å². The van der Waals surface area contributed by atoms with E-state index in [0.29, 0.717) is 5.56 Å². The minimum atomic E-state index is 0.0555. The Morgan fingerprint density at radius 2 is 1.45 bits per heavy atom. The molecule has 0 aliphatic rings. The predicted octanol–water partition coefficient (Wildman–Crippen LogP) is 3.59. The molecule has 0 aromatic heterocycles. The molecule has 1 N–H and O–H groups in total. The van der Waals surface area contributed by atoms with Crippen LogP contribution in [0.3, 0.4) is 0 Å². The summed E-state index contributed by atoms with van der Waals surface area (Å²) >= 11 is 0. The first kappa shape index (κ1) is 14.3. The topological polar surface area (TPSA) is 32.3 Å². The first-order valence-corrected chi connectivity index (χ1v) is 6.96. The van der Waals surface area contributed by atoms with Crippen molar-refractivity contribution in [2.24, 2.45) is 0 Å². The Morgan fingerprint density at radius 1 is 0.900 bits per heavy atom. The van der Waals surface area contributed by atoms with E-state index in [4.69, 9.17) is 0 Å². The van der Waals surface area contributed by atoms with Gasteiger partial charge in [0.2, 0.25) is 0 Å². The third kappa shape index (κ3) is 3.45. The van der Waals surface area contributed by atoms with E-state index in [1.54, 1.807) is 0 Å². The maximum absolute atomic E-state index is 12.3. The van der Waals surface area contributed by atoms with Gasteiger partial charge in [-0.25, -0.2) is 5.01 Å². The molecule has 0 unspecified atom stereocenters. The van der Waals surface area contributed by atoms with Crippen molar-refractivity contribution in [2.75, 3.05) is 18.5 Å². The summed E-state index contributed by atoms with van der Waals surface area (Å²) in [5.74, 6) is 0.0555. The van der Waals surface area contributed by atoms with Crippen LogP contribution in [0.15, 0.2) is 54.6 Å². The zero-order valence-corrected chi connectivity index (χ0v) is 12.0. The Morgan fingerprint density at radius 3 is 2.00 bits per heavy atom. The maximum Gasteiger partial charge on any atom is 0.193 e. The summed E-state index contributed by atoms with van der Waals surface area (Å²) in [5, 5.41) is 2.11. The fraction of sp³-hybridized carbons (Fsp3) is 0.235. The van der Waals surface area contributed by atoms with E-state index in [9.17, 15) is 4.79 Å². The highest BCUT2D eigenvalue weighted by atomic mass is 16.1. The van der Waals surface area contributed by atoms with Gasteiger partial charge in [-0.05, 0) is 24.3 Å². The normalized spacial score (nSPS) is 10.6. The molecular formula is C17H20N2O. The standard InChI is InChI=1S/C17H20N2O/c1-3-19(4-2)18-16-12-10-15(11-13-16)17(20)14-8-6-5-7-9-14/h5-13,18H,3-4H2,1-2H3. The van der Waals surface area contributed by atoms with Crippen molar-refractivity contribution in [1.29, 1.82) is 0 Å². The average Bonchev–Trinajstić information content (AvgIpc) is 2.53. The van der Waals surface area contributed by atoms with Crippen LogP contribution < -0.4 is 5.43 Å². The number of hydrazine groups is 1. The molecule has 104 valence electrons. The number of nitrogens with zero attached hydrogens (tertiary/aromatic N) is 1. The van der Waals surface area contributed by atoms with Gasteiger partial charge in [0.15, 0.2) is 5.78 Å². The molecule has 0 saturated heterocycles. The van der Waals surface area contributed by atoms with Gasteiger partial charge in [0.1, 0.15) is 0 Å². The number of hydrogen-bond donors (Lipinski definition) is 1. The van der Waals surface area contributed by atoms with E-state index >= 15 is 0 Å². The molecule has 20 heavy (non-hydrogen) atoms. The molecule has 2 aromatic carbocycles. The minimum absolute atomic E-state index is 0.0555. The van der Waals surface area contributed by atoms with Gasteiger partial charge in [0, 0.05) is 29.9 Å². The summed E-state index contributed by atoms with van der Waals surface area (Å²) in [6.07, 6.45) is 0. The molecule has 0 amide bonds. The number of nitrogens with one attached hydrogen (secondary N) is 1. The number of anilines is 1. The highest BCUT2D eigenvalue weighted by molar-refractivity contribution is 6.09. The largest absolute Gasteiger partial charge is 0.319 e. The van der Waals surface area contributed by atoms with E-state index in [2.05, 4.69) is 24.3 Å². The zero-order chi connectivity index (χ0) is 14.4. The monoisotopic (exact) mass is 268 g/mol. The number of carbonyl (C=O) groups excluding carboxylic acids is 1. The van der Waals surface area contributed by atoms with Gasteiger partial charge in [-0.15, -0.1) is 0 Å². The van der Waals surface area contributed by atoms with Crippen LogP contribution in [0, 0.1) is 0 Å². The summed E-state index contributed by atoms with van der Waals surface area (Å²) in [6.45, 7) is 6.07. The van der Waals surface area contributed by atoms with Crippen molar-refractivity contribution >= 4 is 11.5 Å². The van der Waals surface area contributed by atoms with Crippen LogP contribution in [-0.2, 0) is 0 Å². The second kappa shape index (κ2) is 6.87. The van der Waals surface area contributed by atoms with Gasteiger partial charge in [0.05, 0.1) is 0 Å². The first-order valence-electron chi connectivity index (χ1n) is 6.96. The van der Waals surface area contributed by atoms with Crippen LogP contribution in [0.2, 0.25) is 0 Å². The molecule has 0 bridgehead atoms. The van der Waals surface area contributed by atoms with Gasteiger partial charge in [-0.3, -0.25) is 4.79 Å². The molecule has 2 aromatic rings. The van der Waals surface area contributed by atoms with E-state index < -0.39 is 0 Å². The van der Waals surface area contributed by atoms with Gasteiger partial charge >= 0.3 is 0 Å². The summed E-state index contributed by atoms with van der Waals surface area (Å²) in [7, 11) is 0. The van der Waals surface area contributed by atoms with Gasteiger partial charge in [0.25, 0.3) is 0 Å². The minimum Gasteiger partial charge on any atom is -0.319 e. The molecule has 0 aliphatic heterocycles. The highest BCUT2D eigenvalue weighted by Gasteiger charge is 2.08.